The van der Waals surface area contributed by atoms with Gasteiger partial charge in [0.2, 0.25) is 0 Å². The van der Waals surface area contributed by atoms with Crippen molar-refractivity contribution >= 4 is 12.2 Å². The summed E-state index contributed by atoms with van der Waals surface area (Å²) in [7, 11) is 0. The molecule has 0 amide bonds. The molecular weight excluding hydrogens is 140 g/mol. The Morgan fingerprint density at radius 2 is 1.82 bits per heavy atom. The monoisotopic (exact) mass is 150 g/mol. The van der Waals surface area contributed by atoms with Crippen molar-refractivity contribution in [3.8, 4) is 0 Å². The molecular formula is C8H10N2O. The number of aromatic nitrogens is 2. The smallest absolute Gasteiger partial charge is 0.186 e. The highest BCUT2D eigenvalue weighted by Crippen LogP contribution is 2.05. The van der Waals surface area contributed by atoms with E-state index in [1.165, 1.54) is 6.08 Å². The van der Waals surface area contributed by atoms with Gasteiger partial charge in [0.15, 0.2) is 5.76 Å². The van der Waals surface area contributed by atoms with Crippen LogP contribution >= 0.6 is 0 Å². The van der Waals surface area contributed by atoms with Crippen LogP contribution in [0.2, 0.25) is 0 Å². The van der Waals surface area contributed by atoms with Gasteiger partial charge < -0.3 is 4.52 Å². The van der Waals surface area contributed by atoms with E-state index in [-0.39, 0.29) is 0 Å². The average molecular weight is 150 g/mol. The Labute approximate surface area is 65.7 Å². The third-order valence-electron chi connectivity index (χ3n) is 0.919. The quantitative estimate of drug-likeness (QED) is 0.606. The molecule has 0 aliphatic heterocycles. The van der Waals surface area contributed by atoms with Crippen LogP contribution in [0.15, 0.2) is 30.8 Å². The number of nitrogens with zero attached hydrogens (tertiary/aromatic N) is 2. The summed E-state index contributed by atoms with van der Waals surface area (Å²) >= 11 is 0. The molecule has 58 valence electrons. The van der Waals surface area contributed by atoms with Crippen LogP contribution in [0.5, 0.6) is 0 Å². The molecule has 0 aromatic carbocycles. The minimum atomic E-state index is 0.560. The van der Waals surface area contributed by atoms with Crippen molar-refractivity contribution in [2.75, 3.05) is 0 Å². The molecule has 0 aliphatic carbocycles. The first-order valence-electron chi connectivity index (χ1n) is 2.95. The van der Waals surface area contributed by atoms with E-state index in [4.69, 9.17) is 0 Å². The fraction of sp³-hybridized carbons (Fsp3) is 0. The SMILES string of the molecule is C=C.C=Cc1nnoc1C=C. The summed E-state index contributed by atoms with van der Waals surface area (Å²) in [5.41, 5.74) is 0.630. The Balaban J connectivity index is 0.000000461. The summed E-state index contributed by atoms with van der Waals surface area (Å²) in [6, 6.07) is 0. The maximum atomic E-state index is 4.65. The van der Waals surface area contributed by atoms with Crippen molar-refractivity contribution in [1.29, 1.82) is 0 Å². The number of hydrogen-bond donors (Lipinski definition) is 0. The molecule has 0 unspecified atom stereocenters. The standard InChI is InChI=1S/C6H6N2O.C2H4/c1-3-5-6(4-2)9-8-7-5;1-2/h3-4H,1-2H2;1-2H2. The van der Waals surface area contributed by atoms with Crippen LogP contribution < -0.4 is 0 Å². The Bertz CT molecular complexity index is 217. The van der Waals surface area contributed by atoms with Crippen molar-refractivity contribution in [2.24, 2.45) is 0 Å². The van der Waals surface area contributed by atoms with Gasteiger partial charge in [-0.1, -0.05) is 13.2 Å². The third kappa shape index (κ3) is 2.21. The molecule has 11 heavy (non-hydrogen) atoms. The van der Waals surface area contributed by atoms with Gasteiger partial charge in [-0.3, -0.25) is 0 Å². The molecule has 0 saturated carbocycles. The summed E-state index contributed by atoms with van der Waals surface area (Å²) in [6.45, 7) is 13.0. The highest BCUT2D eigenvalue weighted by atomic mass is 16.5. The lowest BCUT2D eigenvalue weighted by atomic mass is 10.3. The highest BCUT2D eigenvalue weighted by Gasteiger charge is 1.99. The first kappa shape index (κ1) is 9.36. The minimum absolute atomic E-state index is 0.560. The van der Waals surface area contributed by atoms with E-state index in [0.29, 0.717) is 11.5 Å². The second-order valence-electron chi connectivity index (χ2n) is 1.43. The molecule has 0 bridgehead atoms. The van der Waals surface area contributed by atoms with Crippen molar-refractivity contribution in [2.45, 2.75) is 0 Å². The lowest BCUT2D eigenvalue weighted by molar-refractivity contribution is 0.387. The van der Waals surface area contributed by atoms with Crippen molar-refractivity contribution in [3.63, 3.8) is 0 Å². The van der Waals surface area contributed by atoms with Crippen molar-refractivity contribution in [3.05, 3.63) is 37.8 Å². The molecule has 0 aliphatic rings. The highest BCUT2D eigenvalue weighted by molar-refractivity contribution is 5.54. The van der Waals surface area contributed by atoms with Crippen LogP contribution in [0, 0.1) is 0 Å². The molecule has 1 aromatic rings. The predicted octanol–water partition coefficient (Wildman–Crippen LogP) is 2.16. The van der Waals surface area contributed by atoms with E-state index in [1.54, 1.807) is 6.08 Å². The zero-order valence-electron chi connectivity index (χ0n) is 6.29. The van der Waals surface area contributed by atoms with Gasteiger partial charge in [-0.25, -0.2) is 0 Å². The van der Waals surface area contributed by atoms with E-state index in [0.717, 1.165) is 0 Å². The van der Waals surface area contributed by atoms with Gasteiger partial charge in [0, 0.05) is 5.27 Å². The fourth-order valence-electron chi connectivity index (χ4n) is 0.488. The van der Waals surface area contributed by atoms with Crippen LogP contribution in [0.3, 0.4) is 0 Å². The largest absolute Gasteiger partial charge is 0.337 e. The molecule has 1 rings (SSSR count). The van der Waals surface area contributed by atoms with E-state index >= 15 is 0 Å². The summed E-state index contributed by atoms with van der Waals surface area (Å²) < 4.78 is 4.65. The maximum Gasteiger partial charge on any atom is 0.186 e. The number of hydrogen-bond acceptors (Lipinski definition) is 3. The summed E-state index contributed by atoms with van der Waals surface area (Å²) in [5, 5.41) is 6.90. The molecule has 3 heteroatoms. The van der Waals surface area contributed by atoms with Crippen LogP contribution in [0.4, 0.5) is 0 Å². The van der Waals surface area contributed by atoms with Gasteiger partial charge in [0.05, 0.1) is 0 Å². The summed E-state index contributed by atoms with van der Waals surface area (Å²) in [5.74, 6) is 0.560. The van der Waals surface area contributed by atoms with Gasteiger partial charge in [0.25, 0.3) is 0 Å². The fourth-order valence-corrected chi connectivity index (χ4v) is 0.488. The van der Waals surface area contributed by atoms with Gasteiger partial charge in [-0.2, -0.15) is 0 Å². The molecule has 0 N–H and O–H groups in total. The second-order valence-corrected chi connectivity index (χ2v) is 1.43. The molecule has 0 fully saturated rings. The molecule has 0 saturated heterocycles. The predicted molar refractivity (Wildman–Crippen MR) is 45.7 cm³/mol. The van der Waals surface area contributed by atoms with Gasteiger partial charge >= 0.3 is 0 Å². The minimum Gasteiger partial charge on any atom is -0.337 e. The van der Waals surface area contributed by atoms with Gasteiger partial charge in [-0.15, -0.1) is 18.3 Å². The normalized spacial score (nSPS) is 7.64. The van der Waals surface area contributed by atoms with Gasteiger partial charge in [-0.05, 0) is 12.2 Å². The molecule has 0 atom stereocenters. The van der Waals surface area contributed by atoms with Crippen LogP contribution in [0.1, 0.15) is 11.5 Å². The van der Waals surface area contributed by atoms with Gasteiger partial charge in [0.1, 0.15) is 5.69 Å². The van der Waals surface area contributed by atoms with E-state index in [2.05, 4.69) is 41.2 Å². The second kappa shape index (κ2) is 5.17. The zero-order valence-corrected chi connectivity index (χ0v) is 6.29. The summed E-state index contributed by atoms with van der Waals surface area (Å²) in [6.07, 6.45) is 3.10. The average Bonchev–Trinajstić information content (AvgIpc) is 2.54. The lowest BCUT2D eigenvalue weighted by Gasteiger charge is -1.78. The van der Waals surface area contributed by atoms with E-state index < -0.39 is 0 Å². The Morgan fingerprint density at radius 3 is 2.18 bits per heavy atom. The molecule has 0 radical (unpaired) electrons. The van der Waals surface area contributed by atoms with Crippen LogP contribution in [0.25, 0.3) is 12.2 Å². The van der Waals surface area contributed by atoms with E-state index in [1.807, 2.05) is 0 Å². The first-order chi connectivity index (χ1) is 5.38. The Hall–Kier alpha value is -1.64. The van der Waals surface area contributed by atoms with E-state index in [9.17, 15) is 0 Å². The number of rotatable bonds is 2. The molecule has 3 nitrogen and oxygen atoms in total. The third-order valence-corrected chi connectivity index (χ3v) is 0.919. The topological polar surface area (TPSA) is 38.9 Å². The lowest BCUT2D eigenvalue weighted by Crippen LogP contribution is -1.72. The maximum absolute atomic E-state index is 4.65. The zero-order chi connectivity index (χ0) is 8.69. The van der Waals surface area contributed by atoms with Crippen molar-refractivity contribution < 1.29 is 4.52 Å². The Kier molecular flexibility index (Phi) is 4.40. The summed E-state index contributed by atoms with van der Waals surface area (Å²) in [4.78, 5) is 0. The Morgan fingerprint density at radius 1 is 1.18 bits per heavy atom. The van der Waals surface area contributed by atoms with Crippen molar-refractivity contribution in [1.82, 2.24) is 10.4 Å². The molecule has 1 aromatic heterocycles. The molecule has 0 spiro atoms. The first-order valence-corrected chi connectivity index (χ1v) is 2.95. The van der Waals surface area contributed by atoms with Crippen LogP contribution in [-0.2, 0) is 0 Å². The molecule has 1 heterocycles. The van der Waals surface area contributed by atoms with Crippen LogP contribution in [-0.4, -0.2) is 10.4 Å².